The molecule has 0 radical (unpaired) electrons. The number of carbonyl (C=O) groups is 2. The minimum Gasteiger partial charge on any atom is -0.342 e. The van der Waals surface area contributed by atoms with Gasteiger partial charge in [-0.3, -0.25) is 9.59 Å². The molecule has 1 atom stereocenters. The lowest BCUT2D eigenvalue weighted by atomic mass is 10.0. The molecule has 6 heteroatoms. The fourth-order valence-electron chi connectivity index (χ4n) is 3.51. The van der Waals surface area contributed by atoms with Crippen LogP contribution in [0.3, 0.4) is 0 Å². The SMILES string of the molecule is Cc1ccc(N2CC(C(=O)N(C)C3CCNCC3)CC2=O)cc1.Cl. The molecule has 2 fully saturated rings. The summed E-state index contributed by atoms with van der Waals surface area (Å²) in [5.41, 5.74) is 2.05. The Labute approximate surface area is 149 Å². The maximum absolute atomic E-state index is 12.7. The van der Waals surface area contributed by atoms with Gasteiger partial charge in [-0.15, -0.1) is 12.4 Å². The van der Waals surface area contributed by atoms with Crippen molar-refractivity contribution in [1.82, 2.24) is 10.2 Å². The molecule has 2 aliphatic rings. The zero-order chi connectivity index (χ0) is 16.4. The highest BCUT2D eigenvalue weighted by molar-refractivity contribution is 6.00. The molecular formula is C18H26ClN3O2. The summed E-state index contributed by atoms with van der Waals surface area (Å²) in [6, 6.07) is 8.21. The molecule has 0 bridgehead atoms. The van der Waals surface area contributed by atoms with E-state index < -0.39 is 0 Å². The van der Waals surface area contributed by atoms with Gasteiger partial charge in [-0.05, 0) is 45.0 Å². The Hall–Kier alpha value is -1.59. The van der Waals surface area contributed by atoms with Crippen molar-refractivity contribution in [2.24, 2.45) is 5.92 Å². The molecule has 0 aliphatic carbocycles. The summed E-state index contributed by atoms with van der Waals surface area (Å²) in [5, 5.41) is 3.32. The van der Waals surface area contributed by atoms with Gasteiger partial charge in [-0.25, -0.2) is 0 Å². The van der Waals surface area contributed by atoms with Crippen LogP contribution in [0.15, 0.2) is 24.3 Å². The van der Waals surface area contributed by atoms with E-state index >= 15 is 0 Å². The highest BCUT2D eigenvalue weighted by Crippen LogP contribution is 2.27. The Balaban J connectivity index is 0.00000208. The fraction of sp³-hybridized carbons (Fsp3) is 0.556. The summed E-state index contributed by atoms with van der Waals surface area (Å²) in [4.78, 5) is 28.7. The Morgan fingerprint density at radius 3 is 2.46 bits per heavy atom. The summed E-state index contributed by atoms with van der Waals surface area (Å²) < 4.78 is 0. The second-order valence-electron chi connectivity index (χ2n) is 6.67. The van der Waals surface area contributed by atoms with E-state index in [9.17, 15) is 9.59 Å². The number of piperidine rings is 1. The van der Waals surface area contributed by atoms with Crippen LogP contribution in [0.1, 0.15) is 24.8 Å². The molecule has 1 unspecified atom stereocenters. The van der Waals surface area contributed by atoms with Crippen molar-refractivity contribution >= 4 is 29.9 Å². The van der Waals surface area contributed by atoms with Gasteiger partial charge in [0.25, 0.3) is 0 Å². The van der Waals surface area contributed by atoms with Gasteiger partial charge < -0.3 is 15.1 Å². The van der Waals surface area contributed by atoms with E-state index in [1.165, 1.54) is 5.56 Å². The second-order valence-corrected chi connectivity index (χ2v) is 6.67. The lowest BCUT2D eigenvalue weighted by molar-refractivity contribution is -0.137. The van der Waals surface area contributed by atoms with Crippen molar-refractivity contribution in [3.05, 3.63) is 29.8 Å². The van der Waals surface area contributed by atoms with Crippen LogP contribution in [0.2, 0.25) is 0 Å². The molecule has 24 heavy (non-hydrogen) atoms. The molecule has 0 aromatic heterocycles. The molecule has 3 rings (SSSR count). The van der Waals surface area contributed by atoms with Gasteiger partial charge in [0.15, 0.2) is 0 Å². The third kappa shape index (κ3) is 3.90. The third-order valence-electron chi connectivity index (χ3n) is 5.02. The number of amides is 2. The van der Waals surface area contributed by atoms with Crippen LogP contribution in [-0.4, -0.2) is 49.4 Å². The monoisotopic (exact) mass is 351 g/mol. The summed E-state index contributed by atoms with van der Waals surface area (Å²) in [7, 11) is 1.89. The van der Waals surface area contributed by atoms with Crippen LogP contribution >= 0.6 is 12.4 Å². The fourth-order valence-corrected chi connectivity index (χ4v) is 3.51. The van der Waals surface area contributed by atoms with E-state index in [2.05, 4.69) is 5.32 Å². The number of benzene rings is 1. The molecule has 1 aromatic rings. The quantitative estimate of drug-likeness (QED) is 0.906. The predicted octanol–water partition coefficient (Wildman–Crippen LogP) is 1.98. The van der Waals surface area contributed by atoms with E-state index in [4.69, 9.17) is 0 Å². The molecule has 132 valence electrons. The average molecular weight is 352 g/mol. The predicted molar refractivity (Wildman–Crippen MR) is 97.5 cm³/mol. The summed E-state index contributed by atoms with van der Waals surface area (Å²) in [5.74, 6) is -0.0607. The van der Waals surface area contributed by atoms with E-state index in [-0.39, 0.29) is 30.1 Å². The first-order chi connectivity index (χ1) is 11.1. The molecular weight excluding hydrogens is 326 g/mol. The molecule has 2 heterocycles. The molecule has 0 saturated carbocycles. The molecule has 0 spiro atoms. The second kappa shape index (κ2) is 7.99. The highest BCUT2D eigenvalue weighted by Gasteiger charge is 2.37. The van der Waals surface area contributed by atoms with Crippen molar-refractivity contribution in [1.29, 1.82) is 0 Å². The van der Waals surface area contributed by atoms with Crippen LogP contribution in [0.5, 0.6) is 0 Å². The Morgan fingerprint density at radius 1 is 1.21 bits per heavy atom. The third-order valence-corrected chi connectivity index (χ3v) is 5.02. The number of carbonyl (C=O) groups excluding carboxylic acids is 2. The van der Waals surface area contributed by atoms with Crippen molar-refractivity contribution in [3.8, 4) is 0 Å². The standard InChI is InChI=1S/C18H25N3O2.ClH/c1-13-3-5-16(6-4-13)21-12-14(11-17(21)22)18(23)20(2)15-7-9-19-10-8-15;/h3-6,14-15,19H,7-12H2,1-2H3;1H. The van der Waals surface area contributed by atoms with Crippen LogP contribution in [0.25, 0.3) is 0 Å². The molecule has 2 amide bonds. The van der Waals surface area contributed by atoms with E-state index in [0.29, 0.717) is 19.0 Å². The molecule has 2 saturated heterocycles. The number of aryl methyl sites for hydroxylation is 1. The topological polar surface area (TPSA) is 52.7 Å². The number of rotatable bonds is 3. The summed E-state index contributed by atoms with van der Waals surface area (Å²) >= 11 is 0. The maximum Gasteiger partial charge on any atom is 0.228 e. The number of nitrogens with one attached hydrogen (secondary N) is 1. The normalized spacial score (nSPS) is 21.5. The Morgan fingerprint density at radius 2 is 1.83 bits per heavy atom. The van der Waals surface area contributed by atoms with Gasteiger partial charge in [0.1, 0.15) is 0 Å². The number of halogens is 1. The van der Waals surface area contributed by atoms with Gasteiger partial charge in [-0.1, -0.05) is 17.7 Å². The van der Waals surface area contributed by atoms with Crippen molar-refractivity contribution in [2.75, 3.05) is 31.6 Å². The summed E-state index contributed by atoms with van der Waals surface area (Å²) in [6.07, 6.45) is 2.30. The number of hydrogen-bond acceptors (Lipinski definition) is 3. The zero-order valence-corrected chi connectivity index (χ0v) is 15.1. The largest absolute Gasteiger partial charge is 0.342 e. The minimum absolute atomic E-state index is 0. The van der Waals surface area contributed by atoms with Crippen LogP contribution in [-0.2, 0) is 9.59 Å². The smallest absolute Gasteiger partial charge is 0.228 e. The number of hydrogen-bond donors (Lipinski definition) is 1. The first-order valence-electron chi connectivity index (χ1n) is 8.40. The number of anilines is 1. The molecule has 5 nitrogen and oxygen atoms in total. The van der Waals surface area contributed by atoms with Crippen LogP contribution < -0.4 is 10.2 Å². The molecule has 1 N–H and O–H groups in total. The summed E-state index contributed by atoms with van der Waals surface area (Å²) in [6.45, 7) is 4.44. The number of nitrogens with zero attached hydrogens (tertiary/aromatic N) is 2. The first kappa shape index (κ1) is 18.7. The lowest BCUT2D eigenvalue weighted by Gasteiger charge is -2.33. The van der Waals surface area contributed by atoms with Crippen LogP contribution in [0, 0.1) is 12.8 Å². The van der Waals surface area contributed by atoms with E-state index in [1.54, 1.807) is 4.90 Å². The maximum atomic E-state index is 12.7. The van der Waals surface area contributed by atoms with Crippen molar-refractivity contribution in [2.45, 2.75) is 32.2 Å². The first-order valence-corrected chi connectivity index (χ1v) is 8.40. The Kier molecular flexibility index (Phi) is 6.24. The Bertz CT molecular complexity index is 584. The minimum atomic E-state index is -0.219. The van der Waals surface area contributed by atoms with Gasteiger partial charge in [0.2, 0.25) is 11.8 Å². The van der Waals surface area contributed by atoms with E-state index in [0.717, 1.165) is 31.6 Å². The van der Waals surface area contributed by atoms with Gasteiger partial charge >= 0.3 is 0 Å². The van der Waals surface area contributed by atoms with Gasteiger partial charge in [0.05, 0.1) is 5.92 Å². The van der Waals surface area contributed by atoms with Gasteiger partial charge in [-0.2, -0.15) is 0 Å². The molecule has 2 aliphatic heterocycles. The molecule has 1 aromatic carbocycles. The lowest BCUT2D eigenvalue weighted by Crippen LogP contribution is -2.46. The van der Waals surface area contributed by atoms with Crippen LogP contribution in [0.4, 0.5) is 5.69 Å². The average Bonchev–Trinajstić information content (AvgIpc) is 2.97. The highest BCUT2D eigenvalue weighted by atomic mass is 35.5. The zero-order valence-electron chi connectivity index (χ0n) is 14.3. The van der Waals surface area contributed by atoms with Crippen molar-refractivity contribution in [3.63, 3.8) is 0 Å². The van der Waals surface area contributed by atoms with Gasteiger partial charge in [0, 0.05) is 31.7 Å². The van der Waals surface area contributed by atoms with E-state index in [1.807, 2.05) is 43.1 Å². The van der Waals surface area contributed by atoms with Crippen molar-refractivity contribution < 1.29 is 9.59 Å².